The Kier molecular flexibility index (Phi) is 6.22. The number of rotatable bonds is 6. The molecule has 0 radical (unpaired) electrons. The molecule has 0 aliphatic rings. The SMILES string of the molecule is CC(C)(C)OC(=O)Cc1cccc(NS(=O)(=O)c2ccc(-c3ccccc3)cc2)n1. The molecule has 30 heavy (non-hydrogen) atoms. The van der Waals surface area contributed by atoms with E-state index in [-0.39, 0.29) is 17.1 Å². The Bertz CT molecular complexity index is 1120. The van der Waals surface area contributed by atoms with Crippen molar-refractivity contribution in [3.8, 4) is 11.1 Å². The molecule has 156 valence electrons. The van der Waals surface area contributed by atoms with Crippen LogP contribution in [-0.4, -0.2) is 25.0 Å². The van der Waals surface area contributed by atoms with Crippen LogP contribution in [0, 0.1) is 0 Å². The number of carbonyl (C=O) groups is 1. The minimum Gasteiger partial charge on any atom is -0.460 e. The van der Waals surface area contributed by atoms with E-state index in [0.29, 0.717) is 5.69 Å². The van der Waals surface area contributed by atoms with E-state index in [1.165, 1.54) is 6.07 Å². The number of carbonyl (C=O) groups excluding carboxylic acids is 1. The molecule has 0 spiro atoms. The Labute approximate surface area is 177 Å². The van der Waals surface area contributed by atoms with Crippen molar-refractivity contribution >= 4 is 21.8 Å². The summed E-state index contributed by atoms with van der Waals surface area (Å²) in [5, 5.41) is 0. The van der Waals surface area contributed by atoms with Crippen molar-refractivity contribution in [2.45, 2.75) is 37.7 Å². The maximum Gasteiger partial charge on any atom is 0.312 e. The van der Waals surface area contributed by atoms with Crippen LogP contribution in [-0.2, 0) is 26.0 Å². The quantitative estimate of drug-likeness (QED) is 0.592. The number of esters is 1. The second-order valence-electron chi connectivity index (χ2n) is 7.77. The zero-order valence-electron chi connectivity index (χ0n) is 17.1. The van der Waals surface area contributed by atoms with E-state index in [9.17, 15) is 13.2 Å². The van der Waals surface area contributed by atoms with E-state index in [1.54, 1.807) is 57.2 Å². The number of sulfonamides is 1. The van der Waals surface area contributed by atoms with Gasteiger partial charge in [0.05, 0.1) is 17.0 Å². The van der Waals surface area contributed by atoms with Crippen LogP contribution in [0.3, 0.4) is 0 Å². The highest BCUT2D eigenvalue weighted by molar-refractivity contribution is 7.92. The van der Waals surface area contributed by atoms with Crippen molar-refractivity contribution in [1.29, 1.82) is 0 Å². The van der Waals surface area contributed by atoms with Crippen LogP contribution in [0.5, 0.6) is 0 Å². The van der Waals surface area contributed by atoms with Crippen molar-refractivity contribution in [3.05, 3.63) is 78.5 Å². The molecule has 2 aromatic carbocycles. The van der Waals surface area contributed by atoms with Crippen molar-refractivity contribution in [1.82, 2.24) is 4.98 Å². The summed E-state index contributed by atoms with van der Waals surface area (Å²) in [7, 11) is -3.81. The molecule has 0 bridgehead atoms. The first kappa shape index (κ1) is 21.5. The highest BCUT2D eigenvalue weighted by Gasteiger charge is 2.18. The highest BCUT2D eigenvalue weighted by Crippen LogP contribution is 2.22. The van der Waals surface area contributed by atoms with Crippen molar-refractivity contribution in [2.75, 3.05) is 4.72 Å². The molecule has 1 aromatic heterocycles. The molecule has 0 saturated carbocycles. The van der Waals surface area contributed by atoms with Gasteiger partial charge in [-0.1, -0.05) is 48.5 Å². The molecule has 1 N–H and O–H groups in total. The molecular formula is C23H24N2O4S. The molecule has 3 aromatic rings. The fraction of sp³-hybridized carbons (Fsp3) is 0.217. The van der Waals surface area contributed by atoms with Crippen LogP contribution in [0.1, 0.15) is 26.5 Å². The second kappa shape index (κ2) is 8.67. The lowest BCUT2D eigenvalue weighted by Crippen LogP contribution is -2.25. The van der Waals surface area contributed by atoms with Gasteiger partial charge in [0.2, 0.25) is 0 Å². The fourth-order valence-electron chi connectivity index (χ4n) is 2.81. The van der Waals surface area contributed by atoms with E-state index in [2.05, 4.69) is 9.71 Å². The Balaban J connectivity index is 1.73. The Morgan fingerprint density at radius 2 is 1.53 bits per heavy atom. The molecular weight excluding hydrogens is 400 g/mol. The van der Waals surface area contributed by atoms with E-state index in [1.807, 2.05) is 30.3 Å². The summed E-state index contributed by atoms with van der Waals surface area (Å²) in [6.45, 7) is 5.35. The number of aromatic nitrogens is 1. The lowest BCUT2D eigenvalue weighted by molar-refractivity contribution is -0.153. The number of pyridine rings is 1. The molecule has 0 unspecified atom stereocenters. The predicted molar refractivity (Wildman–Crippen MR) is 116 cm³/mol. The Hall–Kier alpha value is -3.19. The maximum atomic E-state index is 12.7. The van der Waals surface area contributed by atoms with Gasteiger partial charge in [-0.3, -0.25) is 9.52 Å². The van der Waals surface area contributed by atoms with E-state index in [4.69, 9.17) is 4.74 Å². The molecule has 0 atom stereocenters. The zero-order valence-corrected chi connectivity index (χ0v) is 17.9. The Morgan fingerprint density at radius 1 is 0.900 bits per heavy atom. The molecule has 1 heterocycles. The third kappa shape index (κ3) is 5.90. The van der Waals surface area contributed by atoms with Gasteiger partial charge in [0.1, 0.15) is 11.4 Å². The number of nitrogens with zero attached hydrogens (tertiary/aromatic N) is 1. The van der Waals surface area contributed by atoms with Gasteiger partial charge in [-0.2, -0.15) is 0 Å². The zero-order chi connectivity index (χ0) is 21.8. The first-order valence-electron chi connectivity index (χ1n) is 9.48. The number of hydrogen-bond acceptors (Lipinski definition) is 5. The minimum atomic E-state index is -3.81. The fourth-order valence-corrected chi connectivity index (χ4v) is 3.82. The number of benzene rings is 2. The third-order valence-corrected chi connectivity index (χ3v) is 5.43. The van der Waals surface area contributed by atoms with E-state index in [0.717, 1.165) is 11.1 Å². The van der Waals surface area contributed by atoms with E-state index < -0.39 is 21.6 Å². The van der Waals surface area contributed by atoms with Crippen LogP contribution in [0.15, 0.2) is 77.7 Å². The summed E-state index contributed by atoms with van der Waals surface area (Å²) in [5.41, 5.74) is 1.75. The monoisotopic (exact) mass is 424 g/mol. The summed E-state index contributed by atoms with van der Waals surface area (Å²) in [4.78, 5) is 16.3. The van der Waals surface area contributed by atoms with Crippen LogP contribution in [0.25, 0.3) is 11.1 Å². The van der Waals surface area contributed by atoms with Crippen molar-refractivity contribution < 1.29 is 17.9 Å². The van der Waals surface area contributed by atoms with Crippen LogP contribution in [0.4, 0.5) is 5.82 Å². The third-order valence-electron chi connectivity index (χ3n) is 4.06. The lowest BCUT2D eigenvalue weighted by atomic mass is 10.1. The first-order chi connectivity index (χ1) is 14.1. The Morgan fingerprint density at radius 3 is 2.17 bits per heavy atom. The number of ether oxygens (including phenoxy) is 1. The second-order valence-corrected chi connectivity index (χ2v) is 9.46. The summed E-state index contributed by atoms with van der Waals surface area (Å²) in [5.74, 6) is -0.283. The van der Waals surface area contributed by atoms with Gasteiger partial charge in [-0.05, 0) is 56.2 Å². The standard InChI is InChI=1S/C23H24N2O4S/c1-23(2,3)29-22(26)16-19-10-7-11-21(24-19)25-30(27,28)20-14-12-18(13-15-20)17-8-5-4-6-9-17/h4-15H,16H2,1-3H3,(H,24,25). The van der Waals surface area contributed by atoms with Crippen LogP contribution >= 0.6 is 0 Å². The van der Waals surface area contributed by atoms with Crippen LogP contribution in [0.2, 0.25) is 0 Å². The van der Waals surface area contributed by atoms with Crippen LogP contribution < -0.4 is 4.72 Å². The summed E-state index contributed by atoms with van der Waals surface area (Å²) >= 11 is 0. The maximum absolute atomic E-state index is 12.7. The number of hydrogen-bond donors (Lipinski definition) is 1. The van der Waals surface area contributed by atoms with Gasteiger partial charge in [-0.15, -0.1) is 0 Å². The number of anilines is 1. The van der Waals surface area contributed by atoms with Gasteiger partial charge < -0.3 is 4.74 Å². The summed E-state index contributed by atoms with van der Waals surface area (Å²) < 4.78 is 33.2. The molecule has 7 heteroatoms. The topological polar surface area (TPSA) is 85.4 Å². The average molecular weight is 425 g/mol. The molecule has 0 aliphatic carbocycles. The van der Waals surface area contributed by atoms with Gasteiger partial charge in [0, 0.05) is 0 Å². The minimum absolute atomic E-state index is 0.0430. The normalized spacial score (nSPS) is 11.7. The number of nitrogens with one attached hydrogen (secondary N) is 1. The smallest absolute Gasteiger partial charge is 0.312 e. The lowest BCUT2D eigenvalue weighted by Gasteiger charge is -2.19. The van der Waals surface area contributed by atoms with Gasteiger partial charge >= 0.3 is 5.97 Å². The van der Waals surface area contributed by atoms with E-state index >= 15 is 0 Å². The van der Waals surface area contributed by atoms with Crippen molar-refractivity contribution in [2.24, 2.45) is 0 Å². The van der Waals surface area contributed by atoms with Gasteiger partial charge in [0.25, 0.3) is 10.0 Å². The average Bonchev–Trinajstić information content (AvgIpc) is 2.67. The summed E-state index contributed by atoms with van der Waals surface area (Å²) in [6, 6.07) is 21.2. The molecule has 0 fully saturated rings. The molecule has 3 rings (SSSR count). The largest absolute Gasteiger partial charge is 0.460 e. The molecule has 0 amide bonds. The molecule has 6 nitrogen and oxygen atoms in total. The molecule has 0 saturated heterocycles. The molecule has 0 aliphatic heterocycles. The van der Waals surface area contributed by atoms with Gasteiger partial charge in [-0.25, -0.2) is 13.4 Å². The highest BCUT2D eigenvalue weighted by atomic mass is 32.2. The summed E-state index contributed by atoms with van der Waals surface area (Å²) in [6.07, 6.45) is -0.0430. The predicted octanol–water partition coefficient (Wildman–Crippen LogP) is 4.43. The van der Waals surface area contributed by atoms with Gasteiger partial charge in [0.15, 0.2) is 0 Å². The first-order valence-corrected chi connectivity index (χ1v) is 11.0. The van der Waals surface area contributed by atoms with Crippen molar-refractivity contribution in [3.63, 3.8) is 0 Å².